The van der Waals surface area contributed by atoms with Crippen LogP contribution in [0.5, 0.6) is 0 Å². The first kappa shape index (κ1) is 11.5. The highest BCUT2D eigenvalue weighted by Crippen LogP contribution is 2.16. The lowest BCUT2D eigenvalue weighted by molar-refractivity contribution is 0.302. The Morgan fingerprint density at radius 1 is 1.53 bits per heavy atom. The monoisotopic (exact) mass is 233 g/mol. The van der Waals surface area contributed by atoms with Crippen molar-refractivity contribution in [2.24, 2.45) is 0 Å². The highest BCUT2D eigenvalue weighted by Gasteiger charge is 2.13. The summed E-state index contributed by atoms with van der Waals surface area (Å²) in [6.07, 6.45) is 5.29. The molecule has 0 fully saturated rings. The number of hydrogen-bond acceptors (Lipinski definition) is 5. The van der Waals surface area contributed by atoms with E-state index >= 15 is 0 Å². The van der Waals surface area contributed by atoms with E-state index in [4.69, 9.17) is 5.11 Å². The summed E-state index contributed by atoms with van der Waals surface area (Å²) in [6, 6.07) is 0. The molecule has 0 aromatic carbocycles. The van der Waals surface area contributed by atoms with Gasteiger partial charge in [-0.1, -0.05) is 6.08 Å². The second kappa shape index (κ2) is 4.92. The molecule has 1 N–H and O–H groups in total. The van der Waals surface area contributed by atoms with E-state index in [1.165, 1.54) is 0 Å². The van der Waals surface area contributed by atoms with E-state index in [1.54, 1.807) is 12.3 Å². The Labute approximate surface area is 99.2 Å². The molecule has 0 spiro atoms. The third-order valence-electron chi connectivity index (χ3n) is 2.50. The summed E-state index contributed by atoms with van der Waals surface area (Å²) in [6.45, 7) is 6.74. The van der Waals surface area contributed by atoms with Crippen LogP contribution in [0.1, 0.15) is 5.82 Å². The first-order valence-electron chi connectivity index (χ1n) is 5.41. The second-order valence-electron chi connectivity index (χ2n) is 3.65. The molecule has 2 rings (SSSR count). The Kier molecular flexibility index (Phi) is 3.34. The molecule has 2 aromatic heterocycles. The average molecular weight is 233 g/mol. The molecule has 90 valence electrons. The minimum Gasteiger partial charge on any atom is -0.395 e. The van der Waals surface area contributed by atoms with Crippen LogP contribution in [0.25, 0.3) is 5.65 Å². The first-order chi connectivity index (χ1) is 8.27. The lowest BCUT2D eigenvalue weighted by Crippen LogP contribution is -2.28. The van der Waals surface area contributed by atoms with Gasteiger partial charge in [-0.05, 0) is 6.92 Å². The molecule has 6 nitrogen and oxygen atoms in total. The van der Waals surface area contributed by atoms with Gasteiger partial charge in [0.25, 0.3) is 0 Å². The number of aromatic nitrogens is 4. The lowest BCUT2D eigenvalue weighted by atomic mass is 10.4. The zero-order valence-electron chi connectivity index (χ0n) is 9.74. The topological polar surface area (TPSA) is 66.5 Å². The number of aryl methyl sites for hydroxylation is 1. The molecule has 0 amide bonds. The molecule has 2 heterocycles. The van der Waals surface area contributed by atoms with Crippen molar-refractivity contribution in [3.05, 3.63) is 30.9 Å². The van der Waals surface area contributed by atoms with Crippen LogP contribution >= 0.6 is 0 Å². The van der Waals surface area contributed by atoms with E-state index in [2.05, 4.69) is 21.8 Å². The van der Waals surface area contributed by atoms with Crippen LogP contribution < -0.4 is 4.90 Å². The standard InChI is InChI=1S/C11H15N5O/c1-3-5-15(7-8-17)10-11-14-13-9(2)16(11)6-4-12-10/h3-4,6,17H,1,5,7-8H2,2H3. The van der Waals surface area contributed by atoms with Gasteiger partial charge >= 0.3 is 0 Å². The van der Waals surface area contributed by atoms with Crippen molar-refractivity contribution in [1.29, 1.82) is 0 Å². The maximum Gasteiger partial charge on any atom is 0.203 e. The molecule has 0 aliphatic heterocycles. The average Bonchev–Trinajstić information content (AvgIpc) is 2.71. The third kappa shape index (κ3) is 2.12. The van der Waals surface area contributed by atoms with Crippen molar-refractivity contribution >= 4 is 11.5 Å². The normalized spacial score (nSPS) is 10.7. The summed E-state index contributed by atoms with van der Waals surface area (Å²) >= 11 is 0. The van der Waals surface area contributed by atoms with E-state index in [1.807, 2.05) is 22.4 Å². The summed E-state index contributed by atoms with van der Waals surface area (Å²) in [5.41, 5.74) is 0.695. The maximum absolute atomic E-state index is 9.06. The number of fused-ring (bicyclic) bond motifs is 1. The summed E-state index contributed by atoms with van der Waals surface area (Å²) < 4.78 is 1.87. The molecular formula is C11H15N5O. The lowest BCUT2D eigenvalue weighted by Gasteiger charge is -2.20. The number of hydrogen-bond donors (Lipinski definition) is 1. The molecule has 2 aromatic rings. The van der Waals surface area contributed by atoms with Gasteiger partial charge in [0.15, 0.2) is 5.82 Å². The molecule has 0 unspecified atom stereocenters. The number of aliphatic hydroxyl groups excluding tert-OH is 1. The molecule has 0 aliphatic rings. The molecular weight excluding hydrogens is 218 g/mol. The number of anilines is 1. The van der Waals surface area contributed by atoms with Gasteiger partial charge in [0.2, 0.25) is 5.65 Å². The third-order valence-corrected chi connectivity index (χ3v) is 2.50. The minimum atomic E-state index is 0.0592. The number of aliphatic hydroxyl groups is 1. The number of nitrogens with zero attached hydrogens (tertiary/aromatic N) is 5. The summed E-state index contributed by atoms with van der Waals surface area (Å²) in [4.78, 5) is 6.21. The van der Waals surface area contributed by atoms with Crippen molar-refractivity contribution in [3.63, 3.8) is 0 Å². The molecule has 17 heavy (non-hydrogen) atoms. The van der Waals surface area contributed by atoms with Gasteiger partial charge in [0.05, 0.1) is 6.61 Å². The van der Waals surface area contributed by atoms with Crippen LogP contribution in [0.3, 0.4) is 0 Å². The summed E-state index contributed by atoms with van der Waals surface area (Å²) in [5.74, 6) is 1.52. The van der Waals surface area contributed by atoms with Gasteiger partial charge < -0.3 is 10.0 Å². The van der Waals surface area contributed by atoms with Crippen molar-refractivity contribution in [3.8, 4) is 0 Å². The van der Waals surface area contributed by atoms with Gasteiger partial charge in [-0.3, -0.25) is 4.40 Å². The van der Waals surface area contributed by atoms with Crippen molar-refractivity contribution in [2.45, 2.75) is 6.92 Å². The van der Waals surface area contributed by atoms with Crippen LogP contribution in [-0.4, -0.2) is 44.4 Å². The Hall–Kier alpha value is -1.95. The van der Waals surface area contributed by atoms with Gasteiger partial charge in [0.1, 0.15) is 5.82 Å². The molecule has 0 aliphatic carbocycles. The van der Waals surface area contributed by atoms with Gasteiger partial charge in [-0.15, -0.1) is 16.8 Å². The Balaban J connectivity index is 2.48. The summed E-state index contributed by atoms with van der Waals surface area (Å²) in [7, 11) is 0. The fourth-order valence-corrected chi connectivity index (χ4v) is 1.71. The molecule has 0 saturated heterocycles. The second-order valence-corrected chi connectivity index (χ2v) is 3.65. The molecule has 0 saturated carbocycles. The largest absolute Gasteiger partial charge is 0.395 e. The van der Waals surface area contributed by atoms with Crippen LogP contribution in [0.2, 0.25) is 0 Å². The fraction of sp³-hybridized carbons (Fsp3) is 0.364. The van der Waals surface area contributed by atoms with Crippen LogP contribution in [0.4, 0.5) is 5.82 Å². The van der Waals surface area contributed by atoms with Gasteiger partial charge in [-0.2, -0.15) is 0 Å². The van der Waals surface area contributed by atoms with E-state index < -0.39 is 0 Å². The fourth-order valence-electron chi connectivity index (χ4n) is 1.71. The van der Waals surface area contributed by atoms with E-state index in [9.17, 15) is 0 Å². The van der Waals surface area contributed by atoms with Crippen LogP contribution in [-0.2, 0) is 0 Å². The highest BCUT2D eigenvalue weighted by molar-refractivity contribution is 5.63. The summed E-state index contributed by atoms with van der Waals surface area (Å²) in [5, 5.41) is 17.2. The van der Waals surface area contributed by atoms with E-state index in [-0.39, 0.29) is 6.61 Å². The van der Waals surface area contributed by atoms with E-state index in [0.717, 1.165) is 5.82 Å². The Morgan fingerprint density at radius 3 is 3.06 bits per heavy atom. The maximum atomic E-state index is 9.06. The first-order valence-corrected chi connectivity index (χ1v) is 5.41. The van der Waals surface area contributed by atoms with Crippen LogP contribution in [0, 0.1) is 6.92 Å². The zero-order valence-corrected chi connectivity index (χ0v) is 9.74. The smallest absolute Gasteiger partial charge is 0.203 e. The van der Waals surface area contributed by atoms with Gasteiger partial charge in [0, 0.05) is 25.5 Å². The van der Waals surface area contributed by atoms with E-state index in [0.29, 0.717) is 24.6 Å². The van der Waals surface area contributed by atoms with Crippen molar-refractivity contribution in [2.75, 3.05) is 24.6 Å². The van der Waals surface area contributed by atoms with Crippen molar-refractivity contribution in [1.82, 2.24) is 19.6 Å². The van der Waals surface area contributed by atoms with Crippen molar-refractivity contribution < 1.29 is 5.11 Å². The Morgan fingerprint density at radius 2 is 2.35 bits per heavy atom. The SMILES string of the molecule is C=CCN(CCO)c1nccn2c(C)nnc12. The zero-order chi connectivity index (χ0) is 12.3. The van der Waals surface area contributed by atoms with Crippen LogP contribution in [0.15, 0.2) is 25.0 Å². The molecule has 0 radical (unpaired) electrons. The molecule has 0 bridgehead atoms. The Bertz CT molecular complexity index is 522. The molecule has 0 atom stereocenters. The predicted molar refractivity (Wildman–Crippen MR) is 65.0 cm³/mol. The quantitative estimate of drug-likeness (QED) is 0.758. The van der Waals surface area contributed by atoms with Gasteiger partial charge in [-0.25, -0.2) is 4.98 Å². The number of rotatable bonds is 5. The predicted octanol–water partition coefficient (Wildman–Crippen LogP) is 0.417. The minimum absolute atomic E-state index is 0.0592. The highest BCUT2D eigenvalue weighted by atomic mass is 16.3. The molecule has 6 heteroatoms.